The highest BCUT2D eigenvalue weighted by molar-refractivity contribution is 5.32. The first-order valence-electron chi connectivity index (χ1n) is 7.08. The molecule has 0 bridgehead atoms. The third-order valence-electron chi connectivity index (χ3n) is 3.52. The van der Waals surface area contributed by atoms with Crippen molar-refractivity contribution >= 4 is 11.9 Å². The second kappa shape index (κ2) is 7.84. The van der Waals surface area contributed by atoms with Crippen molar-refractivity contribution in [2.45, 2.75) is 40.0 Å². The molecule has 0 atom stereocenters. The van der Waals surface area contributed by atoms with Gasteiger partial charge < -0.3 is 20.9 Å². The molecule has 0 aliphatic heterocycles. The number of ether oxygens (including phenoxy) is 1. The number of rotatable bonds is 9. The molecule has 0 amide bonds. The first-order valence-corrected chi connectivity index (χ1v) is 7.08. The van der Waals surface area contributed by atoms with Crippen LogP contribution < -0.4 is 15.8 Å². The quantitative estimate of drug-likeness (QED) is 0.629. The van der Waals surface area contributed by atoms with E-state index in [9.17, 15) is 5.11 Å². The summed E-state index contributed by atoms with van der Waals surface area (Å²) < 4.78 is 5.36. The Balaban J connectivity index is 2.74. The number of nitrogens with zero attached hydrogens (tertiary/aromatic N) is 3. The average molecular weight is 283 g/mol. The van der Waals surface area contributed by atoms with Crippen molar-refractivity contribution in [3.63, 3.8) is 0 Å². The van der Waals surface area contributed by atoms with Gasteiger partial charge in [0.1, 0.15) is 0 Å². The SMILES string of the molecule is CCCOc1nc(N)nc(NCC(CC)(CC)CO)n1. The van der Waals surface area contributed by atoms with E-state index in [0.29, 0.717) is 19.1 Å². The lowest BCUT2D eigenvalue weighted by molar-refractivity contribution is 0.127. The summed E-state index contributed by atoms with van der Waals surface area (Å²) in [6, 6.07) is 0.226. The minimum Gasteiger partial charge on any atom is -0.463 e. The minimum atomic E-state index is -0.175. The average Bonchev–Trinajstić information content (AvgIpc) is 2.47. The van der Waals surface area contributed by atoms with Gasteiger partial charge in [0.2, 0.25) is 11.9 Å². The van der Waals surface area contributed by atoms with E-state index in [0.717, 1.165) is 19.3 Å². The standard InChI is InChI=1S/C13H25N5O2/c1-4-7-20-12-17-10(14)16-11(18-12)15-8-13(5-2,6-3)9-19/h19H,4-9H2,1-3H3,(H3,14,15,16,17,18). The fourth-order valence-corrected chi connectivity index (χ4v) is 1.76. The zero-order valence-electron chi connectivity index (χ0n) is 12.5. The topological polar surface area (TPSA) is 106 Å². The highest BCUT2D eigenvalue weighted by Gasteiger charge is 2.25. The summed E-state index contributed by atoms with van der Waals surface area (Å²) in [6.07, 6.45) is 2.60. The Bertz CT molecular complexity index is 401. The number of aliphatic hydroxyl groups is 1. The van der Waals surface area contributed by atoms with Crippen LogP contribution in [0.3, 0.4) is 0 Å². The van der Waals surface area contributed by atoms with Gasteiger partial charge in [-0.05, 0) is 19.3 Å². The molecule has 114 valence electrons. The number of hydrogen-bond acceptors (Lipinski definition) is 7. The van der Waals surface area contributed by atoms with Crippen LogP contribution in [0.2, 0.25) is 0 Å². The molecule has 0 fully saturated rings. The van der Waals surface area contributed by atoms with E-state index in [1.807, 2.05) is 6.92 Å². The molecule has 1 aromatic rings. The molecule has 20 heavy (non-hydrogen) atoms. The molecule has 0 radical (unpaired) electrons. The summed E-state index contributed by atoms with van der Waals surface area (Å²) in [7, 11) is 0. The number of nitrogens with one attached hydrogen (secondary N) is 1. The molecule has 0 spiro atoms. The van der Waals surface area contributed by atoms with Crippen LogP contribution >= 0.6 is 0 Å². The predicted octanol–water partition coefficient (Wildman–Crippen LogP) is 1.45. The minimum absolute atomic E-state index is 0.118. The van der Waals surface area contributed by atoms with Crippen LogP contribution in [0.15, 0.2) is 0 Å². The Morgan fingerprint density at radius 1 is 1.20 bits per heavy atom. The van der Waals surface area contributed by atoms with Gasteiger partial charge >= 0.3 is 6.01 Å². The first kappa shape index (κ1) is 16.4. The molecule has 7 nitrogen and oxygen atoms in total. The van der Waals surface area contributed by atoms with E-state index in [-0.39, 0.29) is 24.0 Å². The van der Waals surface area contributed by atoms with Gasteiger partial charge in [-0.3, -0.25) is 0 Å². The van der Waals surface area contributed by atoms with Crippen molar-refractivity contribution in [3.8, 4) is 6.01 Å². The Morgan fingerprint density at radius 3 is 2.45 bits per heavy atom. The zero-order valence-corrected chi connectivity index (χ0v) is 12.5. The van der Waals surface area contributed by atoms with E-state index in [1.165, 1.54) is 0 Å². The van der Waals surface area contributed by atoms with Crippen molar-refractivity contribution in [2.75, 3.05) is 30.8 Å². The highest BCUT2D eigenvalue weighted by Crippen LogP contribution is 2.25. The van der Waals surface area contributed by atoms with Gasteiger partial charge in [-0.2, -0.15) is 15.0 Å². The van der Waals surface area contributed by atoms with Crippen LogP contribution in [0.5, 0.6) is 6.01 Å². The van der Waals surface area contributed by atoms with E-state index in [1.54, 1.807) is 0 Å². The molecule has 0 aliphatic carbocycles. The van der Waals surface area contributed by atoms with Crippen LogP contribution in [0, 0.1) is 5.41 Å². The summed E-state index contributed by atoms with van der Waals surface area (Å²) in [5, 5.41) is 12.7. The maximum absolute atomic E-state index is 9.54. The molecule has 1 rings (SSSR count). The van der Waals surface area contributed by atoms with Gasteiger partial charge in [-0.1, -0.05) is 20.8 Å². The fourth-order valence-electron chi connectivity index (χ4n) is 1.76. The molecular weight excluding hydrogens is 258 g/mol. The third-order valence-corrected chi connectivity index (χ3v) is 3.52. The number of hydrogen-bond donors (Lipinski definition) is 3. The fraction of sp³-hybridized carbons (Fsp3) is 0.769. The van der Waals surface area contributed by atoms with E-state index in [2.05, 4.69) is 34.1 Å². The molecular formula is C13H25N5O2. The van der Waals surface area contributed by atoms with Gasteiger partial charge in [-0.15, -0.1) is 0 Å². The Morgan fingerprint density at radius 2 is 1.90 bits per heavy atom. The predicted molar refractivity (Wildman–Crippen MR) is 78.6 cm³/mol. The van der Waals surface area contributed by atoms with Crippen LogP contribution in [0.4, 0.5) is 11.9 Å². The van der Waals surface area contributed by atoms with Gasteiger partial charge in [0.25, 0.3) is 0 Å². The van der Waals surface area contributed by atoms with E-state index in [4.69, 9.17) is 10.5 Å². The molecule has 4 N–H and O–H groups in total. The molecule has 7 heteroatoms. The second-order valence-electron chi connectivity index (χ2n) is 4.87. The number of aromatic nitrogens is 3. The molecule has 1 heterocycles. The van der Waals surface area contributed by atoms with Crippen molar-refractivity contribution in [1.29, 1.82) is 0 Å². The molecule has 0 saturated carbocycles. The number of anilines is 2. The normalized spacial score (nSPS) is 11.4. The summed E-state index contributed by atoms with van der Waals surface area (Å²) in [6.45, 7) is 7.34. The monoisotopic (exact) mass is 283 g/mol. The Kier molecular flexibility index (Phi) is 6.44. The van der Waals surface area contributed by atoms with Crippen molar-refractivity contribution in [2.24, 2.45) is 5.41 Å². The van der Waals surface area contributed by atoms with Crippen LogP contribution in [-0.2, 0) is 0 Å². The van der Waals surface area contributed by atoms with Crippen molar-refractivity contribution < 1.29 is 9.84 Å². The van der Waals surface area contributed by atoms with Crippen molar-refractivity contribution in [3.05, 3.63) is 0 Å². The van der Waals surface area contributed by atoms with Gasteiger partial charge in [0, 0.05) is 12.0 Å². The summed E-state index contributed by atoms with van der Waals surface area (Å²) in [5.41, 5.74) is 5.46. The lowest BCUT2D eigenvalue weighted by atomic mass is 9.83. The molecule has 0 aliphatic rings. The van der Waals surface area contributed by atoms with Crippen LogP contribution in [-0.4, -0.2) is 39.8 Å². The molecule has 0 unspecified atom stereocenters. The molecule has 0 aromatic carbocycles. The Hall–Kier alpha value is -1.63. The number of aliphatic hydroxyl groups excluding tert-OH is 1. The smallest absolute Gasteiger partial charge is 0.323 e. The second-order valence-corrected chi connectivity index (χ2v) is 4.87. The molecule has 1 aromatic heterocycles. The van der Waals surface area contributed by atoms with Crippen LogP contribution in [0.1, 0.15) is 40.0 Å². The first-order chi connectivity index (χ1) is 9.59. The largest absolute Gasteiger partial charge is 0.463 e. The molecule has 0 saturated heterocycles. The van der Waals surface area contributed by atoms with E-state index >= 15 is 0 Å². The van der Waals surface area contributed by atoms with E-state index < -0.39 is 0 Å². The summed E-state index contributed by atoms with van der Waals surface area (Å²) >= 11 is 0. The van der Waals surface area contributed by atoms with Gasteiger partial charge in [0.05, 0.1) is 13.2 Å². The highest BCUT2D eigenvalue weighted by atomic mass is 16.5. The summed E-state index contributed by atoms with van der Waals surface area (Å²) in [5.74, 6) is 0.500. The van der Waals surface area contributed by atoms with Gasteiger partial charge in [-0.25, -0.2) is 0 Å². The Labute approximate surface area is 120 Å². The third kappa shape index (κ3) is 4.48. The van der Waals surface area contributed by atoms with Crippen LogP contribution in [0.25, 0.3) is 0 Å². The zero-order chi connectivity index (χ0) is 15.0. The number of nitrogen functional groups attached to an aromatic ring is 1. The lowest BCUT2D eigenvalue weighted by Crippen LogP contribution is -2.32. The lowest BCUT2D eigenvalue weighted by Gasteiger charge is -2.29. The summed E-state index contributed by atoms with van der Waals surface area (Å²) in [4.78, 5) is 12.1. The van der Waals surface area contributed by atoms with Crippen molar-refractivity contribution in [1.82, 2.24) is 15.0 Å². The maximum Gasteiger partial charge on any atom is 0.323 e. The maximum atomic E-state index is 9.54. The van der Waals surface area contributed by atoms with Gasteiger partial charge in [0.15, 0.2) is 0 Å². The number of nitrogens with two attached hydrogens (primary N) is 1.